The van der Waals surface area contributed by atoms with E-state index in [4.69, 9.17) is 4.74 Å². The highest BCUT2D eigenvalue weighted by molar-refractivity contribution is 6.04. The van der Waals surface area contributed by atoms with Crippen molar-refractivity contribution in [1.82, 2.24) is 0 Å². The summed E-state index contributed by atoms with van der Waals surface area (Å²) in [5, 5.41) is 12.6. The number of nitrogens with zero attached hydrogens (tertiary/aromatic N) is 1. The van der Waals surface area contributed by atoms with E-state index in [-0.39, 0.29) is 29.1 Å². The van der Waals surface area contributed by atoms with E-state index in [0.29, 0.717) is 12.8 Å². The highest BCUT2D eigenvalue weighted by atomic mass is 19.1. The molecule has 2 rings (SSSR count). The molecule has 2 atom stereocenters. The van der Waals surface area contributed by atoms with Gasteiger partial charge in [-0.2, -0.15) is 0 Å². The predicted molar refractivity (Wildman–Crippen MR) is 72.2 cm³/mol. The minimum absolute atomic E-state index is 0.234. The van der Waals surface area contributed by atoms with Crippen LogP contribution in [0.2, 0.25) is 0 Å². The first-order valence-corrected chi connectivity index (χ1v) is 6.73. The molecule has 4 nitrogen and oxygen atoms in total. The van der Waals surface area contributed by atoms with Crippen molar-refractivity contribution in [3.05, 3.63) is 35.6 Å². The van der Waals surface area contributed by atoms with E-state index >= 15 is 0 Å². The standard InChI is InChI=1S/C15H18FNO3/c1-20-15(18)11-7-3-2-6-10(11)14(17-19)12-8-4-5-9-13(12)16/h4-5,8-11,19H,2-3,6-7H2,1H3. The van der Waals surface area contributed by atoms with Gasteiger partial charge in [-0.1, -0.05) is 36.2 Å². The van der Waals surface area contributed by atoms with Crippen LogP contribution in [0.4, 0.5) is 4.39 Å². The van der Waals surface area contributed by atoms with Gasteiger partial charge in [-0.3, -0.25) is 4.79 Å². The molecule has 1 aliphatic carbocycles. The second-order valence-electron chi connectivity index (χ2n) is 4.99. The zero-order valence-electron chi connectivity index (χ0n) is 11.4. The number of hydrogen-bond acceptors (Lipinski definition) is 4. The fraction of sp³-hybridized carbons (Fsp3) is 0.467. The molecule has 0 spiro atoms. The third-order valence-electron chi connectivity index (χ3n) is 3.88. The summed E-state index contributed by atoms with van der Waals surface area (Å²) in [5.74, 6) is -1.46. The Morgan fingerprint density at radius 3 is 2.55 bits per heavy atom. The van der Waals surface area contributed by atoms with Gasteiger partial charge < -0.3 is 9.94 Å². The van der Waals surface area contributed by atoms with Crippen molar-refractivity contribution >= 4 is 11.7 Å². The predicted octanol–water partition coefficient (Wildman–Crippen LogP) is 2.98. The summed E-state index contributed by atoms with van der Waals surface area (Å²) >= 11 is 0. The minimum atomic E-state index is -0.450. The molecule has 0 aromatic heterocycles. The molecule has 0 bridgehead atoms. The molecule has 1 aromatic carbocycles. The first-order valence-electron chi connectivity index (χ1n) is 6.73. The largest absolute Gasteiger partial charge is 0.469 e. The lowest BCUT2D eigenvalue weighted by molar-refractivity contribution is -0.147. The Labute approximate surface area is 117 Å². The van der Waals surface area contributed by atoms with Gasteiger partial charge in [0.15, 0.2) is 0 Å². The van der Waals surface area contributed by atoms with Crippen LogP contribution in [0.3, 0.4) is 0 Å². The number of rotatable bonds is 3. The number of methoxy groups -OCH3 is 1. The van der Waals surface area contributed by atoms with Crippen LogP contribution in [-0.4, -0.2) is 24.0 Å². The third-order valence-corrected chi connectivity index (χ3v) is 3.88. The zero-order valence-corrected chi connectivity index (χ0v) is 11.4. The van der Waals surface area contributed by atoms with E-state index < -0.39 is 5.82 Å². The van der Waals surface area contributed by atoms with Gasteiger partial charge in [-0.15, -0.1) is 0 Å². The van der Waals surface area contributed by atoms with Gasteiger partial charge in [0.1, 0.15) is 5.82 Å². The second-order valence-corrected chi connectivity index (χ2v) is 4.99. The summed E-state index contributed by atoms with van der Waals surface area (Å²) in [5.41, 5.74) is 0.481. The van der Waals surface area contributed by atoms with Crippen LogP contribution >= 0.6 is 0 Å². The van der Waals surface area contributed by atoms with Crippen molar-refractivity contribution in [2.75, 3.05) is 7.11 Å². The number of carbonyl (C=O) groups excluding carboxylic acids is 1. The molecular weight excluding hydrogens is 261 g/mol. The smallest absolute Gasteiger partial charge is 0.309 e. The lowest BCUT2D eigenvalue weighted by atomic mass is 9.75. The molecule has 2 unspecified atom stereocenters. The topological polar surface area (TPSA) is 58.9 Å². The summed E-state index contributed by atoms with van der Waals surface area (Å²) in [7, 11) is 1.34. The number of hydrogen-bond donors (Lipinski definition) is 1. The van der Waals surface area contributed by atoms with Crippen LogP contribution in [0.1, 0.15) is 31.2 Å². The SMILES string of the molecule is COC(=O)C1CCCCC1C(=NO)c1ccccc1F. The third kappa shape index (κ3) is 2.81. The van der Waals surface area contributed by atoms with Gasteiger partial charge in [0, 0.05) is 11.5 Å². The normalized spacial score (nSPS) is 23.4. The quantitative estimate of drug-likeness (QED) is 0.400. The van der Waals surface area contributed by atoms with Gasteiger partial charge in [-0.25, -0.2) is 4.39 Å². The molecular formula is C15H18FNO3. The molecule has 0 amide bonds. The summed E-state index contributed by atoms with van der Waals surface area (Å²) in [6.07, 6.45) is 3.20. The maximum absolute atomic E-state index is 13.9. The fourth-order valence-electron chi connectivity index (χ4n) is 2.89. The van der Waals surface area contributed by atoms with Gasteiger partial charge in [0.05, 0.1) is 18.7 Å². The Balaban J connectivity index is 2.35. The van der Waals surface area contributed by atoms with Crippen LogP contribution in [0.25, 0.3) is 0 Å². The first-order chi connectivity index (χ1) is 9.69. The molecule has 0 aliphatic heterocycles. The summed E-state index contributed by atoms with van der Waals surface area (Å²) in [6.45, 7) is 0. The second kappa shape index (κ2) is 6.50. The van der Waals surface area contributed by atoms with Crippen molar-refractivity contribution in [1.29, 1.82) is 0 Å². The van der Waals surface area contributed by atoms with Crippen molar-refractivity contribution in [2.45, 2.75) is 25.7 Å². The maximum Gasteiger partial charge on any atom is 0.309 e. The Morgan fingerprint density at radius 1 is 1.30 bits per heavy atom. The average molecular weight is 279 g/mol. The molecule has 1 aliphatic rings. The number of benzene rings is 1. The van der Waals surface area contributed by atoms with Gasteiger partial charge in [0.25, 0.3) is 0 Å². The monoisotopic (exact) mass is 279 g/mol. The van der Waals surface area contributed by atoms with E-state index in [9.17, 15) is 14.4 Å². The lowest BCUT2D eigenvalue weighted by Crippen LogP contribution is -2.34. The van der Waals surface area contributed by atoms with Crippen LogP contribution in [0.15, 0.2) is 29.4 Å². The molecule has 0 radical (unpaired) electrons. The molecule has 0 heterocycles. The summed E-state index contributed by atoms with van der Waals surface area (Å²) < 4.78 is 18.7. The maximum atomic E-state index is 13.9. The molecule has 1 fully saturated rings. The Kier molecular flexibility index (Phi) is 4.71. The number of halogens is 1. The fourth-order valence-corrected chi connectivity index (χ4v) is 2.89. The van der Waals surface area contributed by atoms with Crippen LogP contribution in [-0.2, 0) is 9.53 Å². The van der Waals surface area contributed by atoms with Crippen molar-refractivity contribution in [2.24, 2.45) is 17.0 Å². The van der Waals surface area contributed by atoms with E-state index in [1.54, 1.807) is 18.2 Å². The number of carbonyl (C=O) groups is 1. The van der Waals surface area contributed by atoms with Crippen molar-refractivity contribution in [3.63, 3.8) is 0 Å². The Morgan fingerprint density at radius 2 is 1.95 bits per heavy atom. The van der Waals surface area contributed by atoms with Crippen molar-refractivity contribution < 1.29 is 19.1 Å². The average Bonchev–Trinajstić information content (AvgIpc) is 2.49. The summed E-state index contributed by atoms with van der Waals surface area (Å²) in [6, 6.07) is 6.13. The zero-order chi connectivity index (χ0) is 14.5. The summed E-state index contributed by atoms with van der Waals surface area (Å²) in [4.78, 5) is 11.9. The van der Waals surface area contributed by atoms with Gasteiger partial charge in [0.2, 0.25) is 0 Å². The Hall–Kier alpha value is -1.91. The number of ether oxygens (including phenoxy) is 1. The molecule has 108 valence electrons. The lowest BCUT2D eigenvalue weighted by Gasteiger charge is -2.30. The van der Waals surface area contributed by atoms with E-state index in [1.165, 1.54) is 13.2 Å². The highest BCUT2D eigenvalue weighted by Crippen LogP contribution is 2.34. The molecule has 1 aromatic rings. The van der Waals surface area contributed by atoms with Crippen LogP contribution < -0.4 is 0 Å². The van der Waals surface area contributed by atoms with Gasteiger partial charge >= 0.3 is 5.97 Å². The molecule has 0 saturated heterocycles. The van der Waals surface area contributed by atoms with Gasteiger partial charge in [-0.05, 0) is 18.9 Å². The molecule has 1 N–H and O–H groups in total. The minimum Gasteiger partial charge on any atom is -0.469 e. The van der Waals surface area contributed by atoms with Crippen LogP contribution in [0, 0.1) is 17.7 Å². The highest BCUT2D eigenvalue weighted by Gasteiger charge is 2.36. The van der Waals surface area contributed by atoms with Crippen LogP contribution in [0.5, 0.6) is 0 Å². The van der Waals surface area contributed by atoms with E-state index in [0.717, 1.165) is 12.8 Å². The Bertz CT molecular complexity index is 516. The van der Waals surface area contributed by atoms with E-state index in [1.807, 2.05) is 0 Å². The van der Waals surface area contributed by atoms with E-state index in [2.05, 4.69) is 5.16 Å². The molecule has 5 heteroatoms. The molecule has 20 heavy (non-hydrogen) atoms. The first kappa shape index (κ1) is 14.5. The number of esters is 1. The molecule has 1 saturated carbocycles. The van der Waals surface area contributed by atoms with Crippen molar-refractivity contribution in [3.8, 4) is 0 Å². The number of oxime groups is 1.